The molecule has 6 rings (SSSR count). The summed E-state index contributed by atoms with van der Waals surface area (Å²) in [6, 6.07) is 10.6. The molecule has 0 bridgehead atoms. The first kappa shape index (κ1) is 22.0. The largest absolute Gasteiger partial charge is 0.351 e. The number of anilines is 4. The number of carbonyl (C=O) groups excluding carboxylic acids is 1. The van der Waals surface area contributed by atoms with Crippen LogP contribution in [0.5, 0.6) is 0 Å². The molecule has 0 unspecified atom stereocenters. The molecule has 1 aliphatic heterocycles. The van der Waals surface area contributed by atoms with Crippen LogP contribution in [-0.2, 0) is 17.6 Å². The van der Waals surface area contributed by atoms with Crippen LogP contribution >= 0.6 is 11.3 Å². The maximum Gasteiger partial charge on any atom is 0.229 e. The van der Waals surface area contributed by atoms with E-state index in [2.05, 4.69) is 42.6 Å². The number of rotatable bonds is 6. The molecule has 0 atom stereocenters. The zero-order valence-corrected chi connectivity index (χ0v) is 20.1. The van der Waals surface area contributed by atoms with Crippen molar-refractivity contribution in [3.8, 4) is 0 Å². The van der Waals surface area contributed by atoms with Crippen molar-refractivity contribution in [1.82, 2.24) is 19.9 Å². The van der Waals surface area contributed by atoms with Crippen LogP contribution in [0.15, 0.2) is 42.0 Å². The quantitative estimate of drug-likeness (QED) is 0.324. The van der Waals surface area contributed by atoms with E-state index < -0.39 is 0 Å². The van der Waals surface area contributed by atoms with Crippen molar-refractivity contribution in [2.24, 2.45) is 5.73 Å². The summed E-state index contributed by atoms with van der Waals surface area (Å²) in [7, 11) is 0. The number of imidazole rings is 1. The second-order valence-electron chi connectivity index (χ2n) is 9.28. The van der Waals surface area contributed by atoms with E-state index in [0.29, 0.717) is 30.1 Å². The molecule has 1 aromatic carbocycles. The lowest BCUT2D eigenvalue weighted by molar-refractivity contribution is -0.115. The van der Waals surface area contributed by atoms with Crippen LogP contribution in [0.2, 0.25) is 0 Å². The van der Waals surface area contributed by atoms with E-state index in [4.69, 9.17) is 10.7 Å². The monoisotopic (exact) mass is 488 g/mol. The maximum absolute atomic E-state index is 12.4. The van der Waals surface area contributed by atoms with Crippen molar-refractivity contribution in [2.45, 2.75) is 50.6 Å². The molecule has 1 saturated carbocycles. The minimum Gasteiger partial charge on any atom is -0.351 e. The molecule has 1 aliphatic carbocycles. The molecule has 35 heavy (non-hydrogen) atoms. The number of hydrogen-bond donors (Lipinski definition) is 4. The molecule has 10 heteroatoms. The van der Waals surface area contributed by atoms with E-state index in [1.165, 1.54) is 5.56 Å². The number of nitrogens with one attached hydrogen (secondary N) is 3. The number of hydrogen-bond acceptors (Lipinski definition) is 8. The molecule has 4 aromatic rings. The van der Waals surface area contributed by atoms with Crippen molar-refractivity contribution < 1.29 is 4.79 Å². The molecule has 0 saturated heterocycles. The molecule has 0 spiro atoms. The summed E-state index contributed by atoms with van der Waals surface area (Å²) in [4.78, 5) is 32.9. The van der Waals surface area contributed by atoms with E-state index in [1.807, 2.05) is 23.6 Å². The van der Waals surface area contributed by atoms with Crippen LogP contribution < -0.4 is 21.3 Å². The van der Waals surface area contributed by atoms with Gasteiger partial charge in [0.1, 0.15) is 5.52 Å². The normalized spacial score (nSPS) is 19.6. The third-order valence-electron chi connectivity index (χ3n) is 6.80. The van der Waals surface area contributed by atoms with Gasteiger partial charge in [-0.05, 0) is 67.3 Å². The average Bonchev–Trinajstić information content (AvgIpc) is 3.61. The highest BCUT2D eigenvalue weighted by atomic mass is 32.1. The lowest BCUT2D eigenvalue weighted by atomic mass is 9.92. The van der Waals surface area contributed by atoms with Crippen molar-refractivity contribution in [2.75, 3.05) is 22.1 Å². The number of amides is 1. The first-order chi connectivity index (χ1) is 17.1. The van der Waals surface area contributed by atoms with Gasteiger partial charge >= 0.3 is 0 Å². The van der Waals surface area contributed by atoms with Crippen LogP contribution in [0.1, 0.15) is 36.1 Å². The smallest absolute Gasteiger partial charge is 0.229 e. The Hall–Kier alpha value is -3.50. The van der Waals surface area contributed by atoms with Gasteiger partial charge in [0.2, 0.25) is 11.9 Å². The summed E-state index contributed by atoms with van der Waals surface area (Å²) in [5.41, 5.74) is 10.6. The SMILES string of the molecule is NC1CCC(Nc2nc(N3CCc4cc(NC(=O)Cc5cccs5)ccc43)c3[nH]cnc3n2)CC1. The molecule has 180 valence electrons. The van der Waals surface area contributed by atoms with Crippen LogP contribution in [-0.4, -0.2) is 44.5 Å². The second-order valence-corrected chi connectivity index (χ2v) is 10.3. The van der Waals surface area contributed by atoms with E-state index in [0.717, 1.165) is 66.2 Å². The van der Waals surface area contributed by atoms with Crippen LogP contribution in [0.3, 0.4) is 0 Å². The number of aromatic nitrogens is 4. The molecule has 5 N–H and O–H groups in total. The minimum atomic E-state index is -0.00314. The maximum atomic E-state index is 12.4. The highest BCUT2D eigenvalue weighted by molar-refractivity contribution is 7.10. The van der Waals surface area contributed by atoms with Gasteiger partial charge in [-0.1, -0.05) is 6.07 Å². The Morgan fingerprint density at radius 2 is 2.09 bits per heavy atom. The summed E-state index contributed by atoms with van der Waals surface area (Å²) in [5, 5.41) is 8.54. The number of H-pyrrole nitrogens is 1. The zero-order valence-electron chi connectivity index (χ0n) is 19.3. The van der Waals surface area contributed by atoms with Gasteiger partial charge in [0.15, 0.2) is 11.5 Å². The highest BCUT2D eigenvalue weighted by Gasteiger charge is 2.26. The summed E-state index contributed by atoms with van der Waals surface area (Å²) >= 11 is 1.60. The van der Waals surface area contributed by atoms with E-state index >= 15 is 0 Å². The van der Waals surface area contributed by atoms with Gasteiger partial charge in [-0.15, -0.1) is 11.3 Å². The first-order valence-corrected chi connectivity index (χ1v) is 13.0. The van der Waals surface area contributed by atoms with Gasteiger partial charge < -0.3 is 26.3 Å². The van der Waals surface area contributed by atoms with E-state index in [-0.39, 0.29) is 5.91 Å². The van der Waals surface area contributed by atoms with Crippen LogP contribution in [0, 0.1) is 0 Å². The molecule has 9 nitrogen and oxygen atoms in total. The highest BCUT2D eigenvalue weighted by Crippen LogP contribution is 2.38. The number of aromatic amines is 1. The van der Waals surface area contributed by atoms with Gasteiger partial charge in [-0.3, -0.25) is 4.79 Å². The van der Waals surface area contributed by atoms with E-state index in [9.17, 15) is 4.79 Å². The number of nitrogens with zero attached hydrogens (tertiary/aromatic N) is 4. The molecule has 0 radical (unpaired) electrons. The third kappa shape index (κ3) is 4.59. The Balaban J connectivity index is 1.23. The first-order valence-electron chi connectivity index (χ1n) is 12.1. The fraction of sp³-hybridized carbons (Fsp3) is 0.360. The zero-order chi connectivity index (χ0) is 23.8. The molecule has 1 amide bonds. The Morgan fingerprint density at radius 3 is 2.91 bits per heavy atom. The fourth-order valence-electron chi connectivity index (χ4n) is 5.00. The Bertz CT molecular complexity index is 1340. The Labute approximate surface area is 207 Å². The van der Waals surface area contributed by atoms with E-state index in [1.54, 1.807) is 17.7 Å². The summed E-state index contributed by atoms with van der Waals surface area (Å²) in [6.45, 7) is 0.796. The van der Waals surface area contributed by atoms with Gasteiger partial charge in [0.05, 0.1) is 12.7 Å². The number of fused-ring (bicyclic) bond motifs is 2. The van der Waals surface area contributed by atoms with Crippen molar-refractivity contribution >= 4 is 51.5 Å². The predicted molar refractivity (Wildman–Crippen MR) is 139 cm³/mol. The van der Waals surface area contributed by atoms with Crippen LogP contribution in [0.25, 0.3) is 11.2 Å². The second kappa shape index (κ2) is 9.27. The third-order valence-corrected chi connectivity index (χ3v) is 7.68. The fourth-order valence-corrected chi connectivity index (χ4v) is 5.70. The van der Waals surface area contributed by atoms with Crippen molar-refractivity contribution in [3.05, 3.63) is 52.5 Å². The summed E-state index contributed by atoms with van der Waals surface area (Å²) in [5.74, 6) is 1.42. The van der Waals surface area contributed by atoms with Gasteiger partial charge in [0, 0.05) is 34.9 Å². The number of carbonyl (C=O) groups is 1. The number of thiophene rings is 1. The topological polar surface area (TPSA) is 125 Å². The van der Waals surface area contributed by atoms with Crippen molar-refractivity contribution in [3.63, 3.8) is 0 Å². The van der Waals surface area contributed by atoms with Gasteiger partial charge in [0.25, 0.3) is 0 Å². The lowest BCUT2D eigenvalue weighted by Crippen LogP contribution is -2.33. The van der Waals surface area contributed by atoms with Crippen molar-refractivity contribution in [1.29, 1.82) is 0 Å². The number of benzene rings is 1. The predicted octanol–water partition coefficient (Wildman–Crippen LogP) is 3.97. The molecular weight excluding hydrogens is 460 g/mol. The lowest BCUT2D eigenvalue weighted by Gasteiger charge is -2.27. The minimum absolute atomic E-state index is 0.00314. The summed E-state index contributed by atoms with van der Waals surface area (Å²) < 4.78 is 0. The van der Waals surface area contributed by atoms with Gasteiger partial charge in [-0.25, -0.2) is 4.98 Å². The average molecular weight is 489 g/mol. The number of nitrogens with two attached hydrogens (primary N) is 1. The van der Waals surface area contributed by atoms with Gasteiger partial charge in [-0.2, -0.15) is 9.97 Å². The Morgan fingerprint density at radius 1 is 1.20 bits per heavy atom. The standard InChI is InChI=1S/C25H28N8OS/c26-16-3-5-17(6-4-16)30-25-31-23-22(27-14-28-23)24(32-25)33-10-9-15-12-18(7-8-20(15)33)29-21(34)13-19-2-1-11-35-19/h1-2,7-8,11-12,14,16-17H,3-6,9-10,13,26H2,(H,29,34)(H2,27,28,30,31,32). The molecule has 4 heterocycles. The molecule has 3 aromatic heterocycles. The molecular formula is C25H28N8OS. The molecule has 1 fully saturated rings. The molecule has 2 aliphatic rings. The summed E-state index contributed by atoms with van der Waals surface area (Å²) in [6.07, 6.45) is 6.99. The Kier molecular flexibility index (Phi) is 5.83. The van der Waals surface area contributed by atoms with Crippen LogP contribution in [0.4, 0.5) is 23.1 Å².